The molecule has 2 rings (SSSR count). The van der Waals surface area contributed by atoms with Gasteiger partial charge in [0.1, 0.15) is 0 Å². The number of primary amides is 1. The first-order valence-electron chi connectivity index (χ1n) is 7.48. The fraction of sp³-hybridized carbons (Fsp3) is 0.750. The molecule has 20 heavy (non-hydrogen) atoms. The minimum atomic E-state index is -0.230. The van der Waals surface area contributed by atoms with Crippen LogP contribution in [0.2, 0.25) is 0 Å². The van der Waals surface area contributed by atoms with Crippen molar-refractivity contribution < 1.29 is 9.59 Å². The number of nitrogens with two attached hydrogens (primary N) is 1. The van der Waals surface area contributed by atoms with Gasteiger partial charge in [-0.1, -0.05) is 25.5 Å². The number of hydrogen-bond donors (Lipinski definition) is 1. The van der Waals surface area contributed by atoms with Crippen LogP contribution in [0, 0.1) is 23.2 Å². The molecule has 1 aliphatic heterocycles. The summed E-state index contributed by atoms with van der Waals surface area (Å²) in [7, 11) is 0. The first-order chi connectivity index (χ1) is 9.25. The van der Waals surface area contributed by atoms with Crippen molar-refractivity contribution in [1.82, 2.24) is 4.90 Å². The van der Waals surface area contributed by atoms with Crippen molar-refractivity contribution in [1.29, 1.82) is 0 Å². The topological polar surface area (TPSA) is 63.4 Å². The summed E-state index contributed by atoms with van der Waals surface area (Å²) < 4.78 is 0. The monoisotopic (exact) mass is 278 g/mol. The number of carbonyl (C=O) groups excluding carboxylic acids is 2. The van der Waals surface area contributed by atoms with Gasteiger partial charge < -0.3 is 10.6 Å². The number of allylic oxidation sites excluding steroid dienone is 2. The zero-order chi connectivity index (χ0) is 15.1. The van der Waals surface area contributed by atoms with Crippen LogP contribution in [-0.4, -0.2) is 29.8 Å². The molecule has 0 bridgehead atoms. The highest BCUT2D eigenvalue weighted by atomic mass is 16.2. The molecule has 1 heterocycles. The van der Waals surface area contributed by atoms with Crippen molar-refractivity contribution in [2.24, 2.45) is 28.9 Å². The SMILES string of the molecule is CC(C)=CC1C(C(=O)N2CCC(C(N)=O)CC2)C1(C)C. The van der Waals surface area contributed by atoms with Gasteiger partial charge in [0, 0.05) is 19.0 Å². The highest BCUT2D eigenvalue weighted by molar-refractivity contribution is 5.84. The average molecular weight is 278 g/mol. The van der Waals surface area contributed by atoms with Crippen molar-refractivity contribution in [2.75, 3.05) is 13.1 Å². The number of nitrogens with zero attached hydrogens (tertiary/aromatic N) is 1. The fourth-order valence-electron chi connectivity index (χ4n) is 3.40. The van der Waals surface area contributed by atoms with E-state index in [1.807, 2.05) is 4.90 Å². The third-order valence-corrected chi connectivity index (χ3v) is 4.90. The van der Waals surface area contributed by atoms with Crippen molar-refractivity contribution >= 4 is 11.8 Å². The van der Waals surface area contributed by atoms with Gasteiger partial charge in [-0.05, 0) is 38.0 Å². The van der Waals surface area contributed by atoms with E-state index >= 15 is 0 Å². The van der Waals surface area contributed by atoms with Gasteiger partial charge in [-0.2, -0.15) is 0 Å². The summed E-state index contributed by atoms with van der Waals surface area (Å²) in [4.78, 5) is 25.7. The predicted octanol–water partition coefficient (Wildman–Crippen LogP) is 1.95. The molecule has 0 radical (unpaired) electrons. The van der Waals surface area contributed by atoms with Gasteiger partial charge in [0.05, 0.1) is 5.92 Å². The van der Waals surface area contributed by atoms with E-state index in [4.69, 9.17) is 5.73 Å². The molecule has 4 heteroatoms. The standard InChI is InChI=1S/C16H26N2O2/c1-10(2)9-12-13(16(12,3)4)15(20)18-7-5-11(6-8-18)14(17)19/h9,11-13H,5-8H2,1-4H3,(H2,17,19). The average Bonchev–Trinajstić information content (AvgIpc) is 2.89. The quantitative estimate of drug-likeness (QED) is 0.802. The van der Waals surface area contributed by atoms with E-state index in [1.54, 1.807) is 0 Å². The molecule has 1 aliphatic carbocycles. The number of amides is 2. The Bertz CT molecular complexity index is 441. The maximum Gasteiger partial charge on any atom is 0.226 e. The molecular formula is C16H26N2O2. The van der Waals surface area contributed by atoms with Crippen molar-refractivity contribution in [3.63, 3.8) is 0 Å². The Morgan fingerprint density at radius 3 is 2.20 bits per heavy atom. The number of rotatable bonds is 3. The second-order valence-corrected chi connectivity index (χ2v) is 7.07. The fourth-order valence-corrected chi connectivity index (χ4v) is 3.40. The van der Waals surface area contributed by atoms with Crippen LogP contribution < -0.4 is 5.73 Å². The largest absolute Gasteiger partial charge is 0.369 e. The Balaban J connectivity index is 1.97. The molecule has 4 nitrogen and oxygen atoms in total. The van der Waals surface area contributed by atoms with E-state index in [-0.39, 0.29) is 29.1 Å². The lowest BCUT2D eigenvalue weighted by atomic mass is 9.95. The smallest absolute Gasteiger partial charge is 0.226 e. The van der Waals surface area contributed by atoms with Gasteiger partial charge in [-0.3, -0.25) is 9.59 Å². The van der Waals surface area contributed by atoms with Crippen LogP contribution in [0.5, 0.6) is 0 Å². The Kier molecular flexibility index (Phi) is 3.94. The summed E-state index contributed by atoms with van der Waals surface area (Å²) in [5.41, 5.74) is 6.66. The molecule has 1 saturated carbocycles. The molecule has 2 N–H and O–H groups in total. The van der Waals surface area contributed by atoms with Gasteiger partial charge in [-0.25, -0.2) is 0 Å². The van der Waals surface area contributed by atoms with Crippen molar-refractivity contribution in [2.45, 2.75) is 40.5 Å². The molecule has 2 atom stereocenters. The Labute approximate surface area is 121 Å². The maximum absolute atomic E-state index is 12.6. The van der Waals surface area contributed by atoms with E-state index in [0.29, 0.717) is 31.8 Å². The van der Waals surface area contributed by atoms with E-state index in [2.05, 4.69) is 33.8 Å². The van der Waals surface area contributed by atoms with Crippen LogP contribution in [0.4, 0.5) is 0 Å². The van der Waals surface area contributed by atoms with E-state index < -0.39 is 0 Å². The van der Waals surface area contributed by atoms with Crippen molar-refractivity contribution in [3.8, 4) is 0 Å². The van der Waals surface area contributed by atoms with Crippen LogP contribution in [0.1, 0.15) is 40.5 Å². The van der Waals surface area contributed by atoms with Crippen LogP contribution in [0.3, 0.4) is 0 Å². The number of carbonyl (C=O) groups is 2. The van der Waals surface area contributed by atoms with Crippen LogP contribution in [-0.2, 0) is 9.59 Å². The molecule has 112 valence electrons. The molecular weight excluding hydrogens is 252 g/mol. The molecule has 2 aliphatic rings. The first-order valence-corrected chi connectivity index (χ1v) is 7.48. The molecule has 2 amide bonds. The molecule has 2 fully saturated rings. The minimum Gasteiger partial charge on any atom is -0.369 e. The lowest BCUT2D eigenvalue weighted by Gasteiger charge is -2.31. The van der Waals surface area contributed by atoms with Crippen LogP contribution in [0.25, 0.3) is 0 Å². The van der Waals surface area contributed by atoms with Gasteiger partial charge in [-0.15, -0.1) is 0 Å². The zero-order valence-corrected chi connectivity index (χ0v) is 13.0. The summed E-state index contributed by atoms with van der Waals surface area (Å²) in [5.74, 6) is 0.419. The maximum atomic E-state index is 12.6. The molecule has 0 aromatic carbocycles. The Hall–Kier alpha value is -1.32. The van der Waals surface area contributed by atoms with Crippen LogP contribution in [0.15, 0.2) is 11.6 Å². The number of likely N-dealkylation sites (tertiary alicyclic amines) is 1. The summed E-state index contributed by atoms with van der Waals surface area (Å²) in [6.07, 6.45) is 3.64. The Morgan fingerprint density at radius 1 is 1.20 bits per heavy atom. The van der Waals surface area contributed by atoms with Gasteiger partial charge in [0.2, 0.25) is 11.8 Å². The van der Waals surface area contributed by atoms with E-state index in [0.717, 1.165) is 0 Å². The summed E-state index contributed by atoms with van der Waals surface area (Å²) in [5, 5.41) is 0. The second-order valence-electron chi connectivity index (χ2n) is 7.07. The lowest BCUT2D eigenvalue weighted by Crippen LogP contribution is -2.43. The van der Waals surface area contributed by atoms with E-state index in [1.165, 1.54) is 5.57 Å². The van der Waals surface area contributed by atoms with Gasteiger partial charge >= 0.3 is 0 Å². The second kappa shape index (κ2) is 5.23. The normalized spacial score (nSPS) is 28.9. The summed E-state index contributed by atoms with van der Waals surface area (Å²) in [6.45, 7) is 9.81. The van der Waals surface area contributed by atoms with E-state index in [9.17, 15) is 9.59 Å². The zero-order valence-electron chi connectivity index (χ0n) is 13.0. The van der Waals surface area contributed by atoms with Gasteiger partial charge in [0.25, 0.3) is 0 Å². The minimum absolute atomic E-state index is 0.0557. The molecule has 1 saturated heterocycles. The Morgan fingerprint density at radius 2 is 1.75 bits per heavy atom. The van der Waals surface area contributed by atoms with Gasteiger partial charge in [0.15, 0.2) is 0 Å². The van der Waals surface area contributed by atoms with Crippen molar-refractivity contribution in [3.05, 3.63) is 11.6 Å². The summed E-state index contributed by atoms with van der Waals surface area (Å²) in [6, 6.07) is 0. The molecule has 2 unspecified atom stereocenters. The highest BCUT2D eigenvalue weighted by Gasteiger charge is 2.61. The first kappa shape index (κ1) is 15.1. The highest BCUT2D eigenvalue weighted by Crippen LogP contribution is 2.60. The molecule has 0 spiro atoms. The third kappa shape index (κ3) is 2.74. The number of piperidine rings is 1. The molecule has 0 aromatic rings. The van der Waals surface area contributed by atoms with Crippen LogP contribution >= 0.6 is 0 Å². The lowest BCUT2D eigenvalue weighted by molar-refractivity contribution is -0.136. The number of hydrogen-bond acceptors (Lipinski definition) is 2. The third-order valence-electron chi connectivity index (χ3n) is 4.90. The molecule has 0 aromatic heterocycles. The summed E-state index contributed by atoms with van der Waals surface area (Å²) >= 11 is 0. The predicted molar refractivity (Wildman–Crippen MR) is 78.7 cm³/mol.